The molecule has 0 aliphatic heterocycles. The number of anilines is 1. The van der Waals surface area contributed by atoms with E-state index in [1.807, 2.05) is 32.1 Å². The molecule has 142 valence electrons. The molecule has 2 rings (SSSR count). The van der Waals surface area contributed by atoms with E-state index in [-0.39, 0.29) is 12.7 Å². The van der Waals surface area contributed by atoms with E-state index < -0.39 is 0 Å². The van der Waals surface area contributed by atoms with Crippen molar-refractivity contribution in [1.29, 1.82) is 0 Å². The Kier molecular flexibility index (Phi) is 9.63. The summed E-state index contributed by atoms with van der Waals surface area (Å²) in [6, 6.07) is 6.56. The molecule has 0 bridgehead atoms. The first-order valence-corrected chi connectivity index (χ1v) is 9.18. The number of hydrogen-bond acceptors (Lipinski definition) is 3. The van der Waals surface area contributed by atoms with Crippen LogP contribution in [0.2, 0.25) is 0 Å². The molecule has 0 unspecified atom stereocenters. The van der Waals surface area contributed by atoms with E-state index >= 15 is 0 Å². The van der Waals surface area contributed by atoms with Gasteiger partial charge in [-0.15, -0.1) is 9.60 Å². The lowest BCUT2D eigenvalue weighted by Gasteiger charge is -2.16. The van der Waals surface area contributed by atoms with Crippen LogP contribution in [0, 0.1) is 0 Å². The first-order valence-electron chi connectivity index (χ1n) is 9.18. The summed E-state index contributed by atoms with van der Waals surface area (Å²) in [5.74, 6) is 0.444. The van der Waals surface area contributed by atoms with Crippen LogP contribution in [0.3, 0.4) is 0 Å². The van der Waals surface area contributed by atoms with Gasteiger partial charge in [0.05, 0.1) is 6.67 Å². The van der Waals surface area contributed by atoms with E-state index in [4.69, 9.17) is 0 Å². The highest BCUT2D eigenvalue weighted by Crippen LogP contribution is 2.41. The number of benzene rings is 1. The fourth-order valence-corrected chi connectivity index (χ4v) is 3.04. The molecule has 3 nitrogen and oxygen atoms in total. The topological polar surface area (TPSA) is 27.3 Å². The Balaban J connectivity index is 0.00000163. The van der Waals surface area contributed by atoms with Gasteiger partial charge >= 0.3 is 0 Å². The van der Waals surface area contributed by atoms with Crippen LogP contribution in [-0.4, -0.2) is 18.8 Å². The van der Waals surface area contributed by atoms with Gasteiger partial charge in [-0.25, -0.2) is 0 Å². The molecule has 0 heterocycles. The van der Waals surface area contributed by atoms with Gasteiger partial charge in [-0.2, -0.15) is 0 Å². The minimum atomic E-state index is 0.200. The average molecular weight is 358 g/mol. The summed E-state index contributed by atoms with van der Waals surface area (Å²) in [6.07, 6.45) is 10.2. The van der Waals surface area contributed by atoms with E-state index in [0.717, 1.165) is 17.8 Å². The molecule has 0 amide bonds. The van der Waals surface area contributed by atoms with Crippen molar-refractivity contribution in [1.82, 2.24) is 10.4 Å². The summed E-state index contributed by atoms with van der Waals surface area (Å²) in [6.45, 7) is 13.9. The fourth-order valence-electron chi connectivity index (χ4n) is 3.04. The Hall–Kier alpha value is -2.17. The van der Waals surface area contributed by atoms with Crippen LogP contribution in [0.4, 0.5) is 10.2 Å². The summed E-state index contributed by atoms with van der Waals surface area (Å²) in [5.41, 5.74) is 4.55. The van der Waals surface area contributed by atoms with Crippen molar-refractivity contribution in [2.75, 3.05) is 19.0 Å². The SMILES string of the molecule is C=C/C=C\C(=C/C=C)Nc1ccc2c(c1)[C@H](C)C[C@H]2NCN(C)F.CC. The molecule has 1 aliphatic rings. The maximum atomic E-state index is 12.9. The molecule has 2 atom stereocenters. The Morgan fingerprint density at radius 2 is 2.00 bits per heavy atom. The van der Waals surface area contributed by atoms with Gasteiger partial charge in [0, 0.05) is 24.5 Å². The van der Waals surface area contributed by atoms with E-state index in [2.05, 4.69) is 48.9 Å². The van der Waals surface area contributed by atoms with Crippen LogP contribution in [0.25, 0.3) is 0 Å². The van der Waals surface area contributed by atoms with Crippen LogP contribution in [0.15, 0.2) is 67.4 Å². The molecule has 0 spiro atoms. The van der Waals surface area contributed by atoms with Crippen molar-refractivity contribution in [2.24, 2.45) is 0 Å². The molecule has 2 N–H and O–H groups in total. The fraction of sp³-hybridized carbons (Fsp3) is 0.364. The molecule has 0 fully saturated rings. The molecule has 0 aromatic heterocycles. The largest absolute Gasteiger partial charge is 0.356 e. The molecule has 1 aromatic carbocycles. The van der Waals surface area contributed by atoms with E-state index in [1.54, 1.807) is 12.2 Å². The zero-order chi connectivity index (χ0) is 19.5. The predicted molar refractivity (Wildman–Crippen MR) is 112 cm³/mol. The van der Waals surface area contributed by atoms with Gasteiger partial charge in [0.1, 0.15) is 0 Å². The van der Waals surface area contributed by atoms with Gasteiger partial charge in [-0.05, 0) is 47.8 Å². The minimum absolute atomic E-state index is 0.200. The molecule has 1 aromatic rings. The number of halogens is 1. The van der Waals surface area contributed by atoms with Gasteiger partial charge in [0.25, 0.3) is 0 Å². The third-order valence-electron chi connectivity index (χ3n) is 4.14. The first kappa shape index (κ1) is 21.9. The standard InChI is InChI=1S/C20H26FN3.C2H6/c1-5-7-9-16(8-6-2)23-17-10-11-18-19(13-17)15(3)12-20(18)22-14-24(4)21;1-2/h5-11,13,15,20,22-23H,1-2,12,14H2,3-4H3;1-2H3/b9-7-,16-8+;/t15-,20-;/m1./s1. The Labute approximate surface area is 157 Å². The van der Waals surface area contributed by atoms with Crippen molar-refractivity contribution >= 4 is 5.69 Å². The molecular formula is C22H32FN3. The number of rotatable bonds is 8. The number of hydrogen-bond donors (Lipinski definition) is 2. The highest BCUT2D eigenvalue weighted by Gasteiger charge is 2.28. The maximum absolute atomic E-state index is 12.9. The smallest absolute Gasteiger partial charge is 0.0783 e. The Morgan fingerprint density at radius 3 is 2.62 bits per heavy atom. The van der Waals surface area contributed by atoms with Crippen molar-refractivity contribution in [3.8, 4) is 0 Å². The third kappa shape index (κ3) is 6.28. The van der Waals surface area contributed by atoms with Crippen LogP contribution in [0.5, 0.6) is 0 Å². The zero-order valence-electron chi connectivity index (χ0n) is 16.4. The highest BCUT2D eigenvalue weighted by molar-refractivity contribution is 5.57. The van der Waals surface area contributed by atoms with E-state index in [1.165, 1.54) is 18.2 Å². The lowest BCUT2D eigenvalue weighted by Crippen LogP contribution is -2.28. The van der Waals surface area contributed by atoms with Gasteiger partial charge in [0.2, 0.25) is 0 Å². The lowest BCUT2D eigenvalue weighted by molar-refractivity contribution is 0.0454. The van der Waals surface area contributed by atoms with Crippen LogP contribution >= 0.6 is 0 Å². The summed E-state index contributed by atoms with van der Waals surface area (Å²) in [7, 11) is 1.42. The van der Waals surface area contributed by atoms with Crippen molar-refractivity contribution < 1.29 is 4.48 Å². The predicted octanol–water partition coefficient (Wildman–Crippen LogP) is 5.85. The molecule has 26 heavy (non-hydrogen) atoms. The summed E-state index contributed by atoms with van der Waals surface area (Å²) >= 11 is 0. The Morgan fingerprint density at radius 1 is 1.27 bits per heavy atom. The Bertz CT molecular complexity index is 647. The molecule has 4 heteroatoms. The van der Waals surface area contributed by atoms with Crippen molar-refractivity contribution in [3.05, 3.63) is 78.6 Å². The summed E-state index contributed by atoms with van der Waals surface area (Å²) < 4.78 is 12.9. The minimum Gasteiger partial charge on any atom is -0.356 e. The highest BCUT2D eigenvalue weighted by atomic mass is 19.2. The first-order chi connectivity index (χ1) is 12.5. The van der Waals surface area contributed by atoms with Gasteiger partial charge in [-0.1, -0.05) is 58.2 Å². The second-order valence-corrected chi connectivity index (χ2v) is 6.08. The van der Waals surface area contributed by atoms with Gasteiger partial charge < -0.3 is 5.32 Å². The van der Waals surface area contributed by atoms with Crippen molar-refractivity contribution in [3.63, 3.8) is 0 Å². The molecule has 0 saturated carbocycles. The van der Waals surface area contributed by atoms with Gasteiger partial charge in [0.15, 0.2) is 0 Å². The van der Waals surface area contributed by atoms with E-state index in [9.17, 15) is 4.48 Å². The van der Waals surface area contributed by atoms with Crippen LogP contribution in [-0.2, 0) is 0 Å². The molecule has 1 aliphatic carbocycles. The molecular weight excluding hydrogens is 325 g/mol. The number of nitrogens with one attached hydrogen (secondary N) is 2. The number of fused-ring (bicyclic) bond motifs is 1. The summed E-state index contributed by atoms with van der Waals surface area (Å²) in [5, 5.41) is 7.32. The van der Waals surface area contributed by atoms with Gasteiger partial charge in [-0.3, -0.25) is 5.32 Å². The summed E-state index contributed by atoms with van der Waals surface area (Å²) in [4.78, 5) is 0. The number of allylic oxidation sites excluding steroid dienone is 5. The lowest BCUT2D eigenvalue weighted by atomic mass is 10.0. The monoisotopic (exact) mass is 357 g/mol. The second-order valence-electron chi connectivity index (χ2n) is 6.08. The average Bonchev–Trinajstić information content (AvgIpc) is 2.95. The van der Waals surface area contributed by atoms with Crippen LogP contribution in [0.1, 0.15) is 50.3 Å². The zero-order valence-corrected chi connectivity index (χ0v) is 16.4. The second kappa shape index (κ2) is 11.4. The molecule has 0 radical (unpaired) electrons. The normalized spacial score (nSPS) is 19.1. The van der Waals surface area contributed by atoms with Crippen LogP contribution < -0.4 is 10.6 Å². The number of nitrogens with zero attached hydrogens (tertiary/aromatic N) is 1. The van der Waals surface area contributed by atoms with E-state index in [0.29, 0.717) is 11.0 Å². The molecule has 0 saturated heterocycles. The quantitative estimate of drug-likeness (QED) is 0.347. The van der Waals surface area contributed by atoms with Crippen molar-refractivity contribution in [2.45, 2.75) is 39.2 Å². The maximum Gasteiger partial charge on any atom is 0.0783 e. The third-order valence-corrected chi connectivity index (χ3v) is 4.14.